The summed E-state index contributed by atoms with van der Waals surface area (Å²) in [6, 6.07) is 28.9. The fourth-order valence-electron chi connectivity index (χ4n) is 5.22. The molecule has 2 heterocycles. The van der Waals surface area contributed by atoms with E-state index in [4.69, 9.17) is 9.15 Å². The number of aromatic nitrogens is 3. The number of unbranched alkanes of at least 4 members (excludes halogenated alkanes) is 5. The van der Waals surface area contributed by atoms with Gasteiger partial charge in [-0.15, -0.1) is 10.2 Å². The third-order valence-corrected chi connectivity index (χ3v) is 8.34. The Morgan fingerprint density at radius 2 is 1.20 bits per heavy atom. The predicted molar refractivity (Wildman–Crippen MR) is 174 cm³/mol. The average molecular weight is 673 g/mol. The molecule has 0 unspecified atom stereocenters. The van der Waals surface area contributed by atoms with Crippen molar-refractivity contribution in [2.24, 2.45) is 0 Å². The van der Waals surface area contributed by atoms with Crippen LogP contribution < -0.4 is 4.74 Å². The summed E-state index contributed by atoms with van der Waals surface area (Å²) in [5.41, 5.74) is 5.07. The first-order chi connectivity index (χ1) is 20.1. The normalized spacial score (nSPS) is 11.5. The third-order valence-electron chi connectivity index (χ3n) is 7.36. The van der Waals surface area contributed by atoms with E-state index in [-0.39, 0.29) is 0 Å². The third kappa shape index (κ3) is 6.11. The van der Waals surface area contributed by atoms with Crippen LogP contribution in [0.2, 0.25) is 0 Å². The highest BCUT2D eigenvalue weighted by Crippen LogP contribution is 2.35. The molecule has 0 saturated heterocycles. The van der Waals surface area contributed by atoms with Crippen molar-refractivity contribution < 1.29 is 9.15 Å². The van der Waals surface area contributed by atoms with Crippen LogP contribution in [0.5, 0.6) is 5.75 Å². The molecule has 0 amide bonds. The molecule has 0 aliphatic carbocycles. The molecule has 41 heavy (non-hydrogen) atoms. The molecule has 2 aromatic heterocycles. The van der Waals surface area contributed by atoms with Crippen molar-refractivity contribution in [3.05, 3.63) is 93.9 Å². The van der Waals surface area contributed by atoms with Gasteiger partial charge in [-0.05, 0) is 79.2 Å². The van der Waals surface area contributed by atoms with Gasteiger partial charge in [-0.25, -0.2) is 0 Å². The quantitative estimate of drug-likeness (QED) is 0.129. The summed E-state index contributed by atoms with van der Waals surface area (Å²) in [4.78, 5) is 0. The zero-order valence-corrected chi connectivity index (χ0v) is 26.1. The maximum Gasteiger partial charge on any atom is 0.248 e. The zero-order valence-electron chi connectivity index (χ0n) is 22.9. The van der Waals surface area contributed by atoms with E-state index in [1.54, 1.807) is 0 Å². The fourth-order valence-corrected chi connectivity index (χ4v) is 5.92. The SMILES string of the molecule is CCCCCCCCOc1ccc(-c2nnc(-c3ccc(-n4c5cc(Br)ccc5c5ccc(Br)cc54)cc3)o2)cc1. The molecule has 0 aliphatic rings. The number of hydrogen-bond acceptors (Lipinski definition) is 4. The zero-order chi connectivity index (χ0) is 28.2. The van der Waals surface area contributed by atoms with Crippen molar-refractivity contribution in [3.63, 3.8) is 0 Å². The molecule has 0 atom stereocenters. The molecular formula is C34H31Br2N3O2. The Hall–Kier alpha value is -3.42. The lowest BCUT2D eigenvalue weighted by Crippen LogP contribution is -1.97. The van der Waals surface area contributed by atoms with E-state index in [9.17, 15) is 0 Å². The van der Waals surface area contributed by atoms with Crippen LogP contribution in [0.15, 0.2) is 98.3 Å². The molecule has 6 rings (SSSR count). The van der Waals surface area contributed by atoms with Gasteiger partial charge in [0.25, 0.3) is 0 Å². The van der Waals surface area contributed by atoms with Crippen molar-refractivity contribution in [2.45, 2.75) is 45.4 Å². The lowest BCUT2D eigenvalue weighted by Gasteiger charge is -2.09. The standard InChI is InChI=1S/C34H31Br2N3O2/c1-2-3-4-5-6-7-20-40-28-16-10-24(11-17-28)34-38-37-33(41-34)23-8-14-27(15-9-23)39-31-21-25(35)12-18-29(31)30-19-13-26(36)22-32(30)39/h8-19,21-22H,2-7,20H2,1H3. The number of fused-ring (bicyclic) bond motifs is 3. The van der Waals surface area contributed by atoms with Gasteiger partial charge in [0.1, 0.15) is 5.75 Å². The van der Waals surface area contributed by atoms with Crippen LogP contribution in [0.25, 0.3) is 50.4 Å². The van der Waals surface area contributed by atoms with Crippen molar-refractivity contribution in [2.75, 3.05) is 6.61 Å². The maximum atomic E-state index is 6.06. The van der Waals surface area contributed by atoms with Crippen LogP contribution in [-0.2, 0) is 0 Å². The number of rotatable bonds is 11. The van der Waals surface area contributed by atoms with Crippen molar-refractivity contribution >= 4 is 53.7 Å². The maximum absolute atomic E-state index is 6.06. The summed E-state index contributed by atoms with van der Waals surface area (Å²) < 4.78 is 16.3. The summed E-state index contributed by atoms with van der Waals surface area (Å²) in [5, 5.41) is 11.0. The largest absolute Gasteiger partial charge is 0.494 e. The highest BCUT2D eigenvalue weighted by molar-refractivity contribution is 9.10. The first-order valence-electron chi connectivity index (χ1n) is 14.2. The Kier molecular flexibility index (Phi) is 8.54. The molecule has 208 valence electrons. The van der Waals surface area contributed by atoms with Gasteiger partial charge in [0.05, 0.1) is 17.6 Å². The second-order valence-corrected chi connectivity index (χ2v) is 12.1. The molecule has 0 saturated carbocycles. The number of nitrogens with zero attached hydrogens (tertiary/aromatic N) is 3. The van der Waals surface area contributed by atoms with Crippen LogP contribution in [0, 0.1) is 0 Å². The van der Waals surface area contributed by atoms with Crippen molar-refractivity contribution in [3.8, 4) is 34.3 Å². The fraction of sp³-hybridized carbons (Fsp3) is 0.235. The summed E-state index contributed by atoms with van der Waals surface area (Å²) in [7, 11) is 0. The monoisotopic (exact) mass is 671 g/mol. The molecule has 0 radical (unpaired) electrons. The van der Waals surface area contributed by atoms with E-state index in [1.165, 1.54) is 42.9 Å². The number of benzene rings is 4. The van der Waals surface area contributed by atoms with Gasteiger partial charge < -0.3 is 13.7 Å². The molecule has 6 aromatic rings. The molecule has 0 fully saturated rings. The van der Waals surface area contributed by atoms with Gasteiger partial charge in [-0.2, -0.15) is 0 Å². The van der Waals surface area contributed by atoms with Gasteiger partial charge in [-0.3, -0.25) is 0 Å². The minimum atomic E-state index is 0.489. The molecule has 0 aliphatic heterocycles. The Bertz CT molecular complexity index is 1710. The highest BCUT2D eigenvalue weighted by Gasteiger charge is 2.15. The minimum Gasteiger partial charge on any atom is -0.494 e. The van der Waals surface area contributed by atoms with Crippen molar-refractivity contribution in [1.82, 2.24) is 14.8 Å². The molecule has 5 nitrogen and oxygen atoms in total. The van der Waals surface area contributed by atoms with E-state index >= 15 is 0 Å². The lowest BCUT2D eigenvalue weighted by molar-refractivity contribution is 0.304. The molecule has 4 aromatic carbocycles. The second-order valence-electron chi connectivity index (χ2n) is 10.3. The van der Waals surface area contributed by atoms with E-state index in [1.807, 2.05) is 36.4 Å². The van der Waals surface area contributed by atoms with Crippen molar-refractivity contribution in [1.29, 1.82) is 0 Å². The van der Waals surface area contributed by atoms with Crippen LogP contribution in [0.3, 0.4) is 0 Å². The number of ether oxygens (including phenoxy) is 1. The minimum absolute atomic E-state index is 0.489. The van der Waals surface area contributed by atoms with E-state index in [0.29, 0.717) is 11.8 Å². The molecular weight excluding hydrogens is 642 g/mol. The van der Waals surface area contributed by atoms with Crippen LogP contribution >= 0.6 is 31.9 Å². The summed E-state index contributed by atoms with van der Waals surface area (Å²) >= 11 is 7.29. The first-order valence-corrected chi connectivity index (χ1v) is 15.8. The Labute approximate surface area is 256 Å². The molecule has 0 spiro atoms. The Morgan fingerprint density at radius 3 is 1.78 bits per heavy atom. The summed E-state index contributed by atoms with van der Waals surface area (Å²) in [5.74, 6) is 1.84. The molecule has 0 bridgehead atoms. The van der Waals surface area contributed by atoms with Crippen LogP contribution in [0.4, 0.5) is 0 Å². The Balaban J connectivity index is 1.17. The van der Waals surface area contributed by atoms with E-state index in [2.05, 4.69) is 102 Å². The van der Waals surface area contributed by atoms with E-state index < -0.39 is 0 Å². The highest BCUT2D eigenvalue weighted by atomic mass is 79.9. The van der Waals surface area contributed by atoms with Gasteiger partial charge in [0.2, 0.25) is 11.8 Å². The van der Waals surface area contributed by atoms with Gasteiger partial charge in [0, 0.05) is 36.5 Å². The lowest BCUT2D eigenvalue weighted by atomic mass is 10.1. The molecule has 7 heteroatoms. The van der Waals surface area contributed by atoms with Gasteiger partial charge in [-0.1, -0.05) is 83.0 Å². The predicted octanol–water partition coefficient (Wildman–Crippen LogP) is 10.8. The van der Waals surface area contributed by atoms with Crippen LogP contribution in [-0.4, -0.2) is 21.4 Å². The van der Waals surface area contributed by atoms with Gasteiger partial charge >= 0.3 is 0 Å². The number of hydrogen-bond donors (Lipinski definition) is 0. The summed E-state index contributed by atoms with van der Waals surface area (Å²) in [6.07, 6.45) is 7.51. The summed E-state index contributed by atoms with van der Waals surface area (Å²) in [6.45, 7) is 2.99. The second kappa shape index (κ2) is 12.6. The average Bonchev–Trinajstić information content (AvgIpc) is 3.60. The number of halogens is 2. The van der Waals surface area contributed by atoms with E-state index in [0.717, 1.165) is 55.6 Å². The Morgan fingerprint density at radius 1 is 0.659 bits per heavy atom. The van der Waals surface area contributed by atoms with Gasteiger partial charge in [0.15, 0.2) is 0 Å². The van der Waals surface area contributed by atoms with Crippen LogP contribution in [0.1, 0.15) is 45.4 Å². The smallest absolute Gasteiger partial charge is 0.248 e. The molecule has 0 N–H and O–H groups in total. The topological polar surface area (TPSA) is 53.1 Å². The first kappa shape index (κ1) is 27.7.